The third-order valence-corrected chi connectivity index (χ3v) is 9.22. The highest BCUT2D eigenvalue weighted by Gasteiger charge is 2.38. The van der Waals surface area contributed by atoms with Crippen LogP contribution < -0.4 is 20.9 Å². The molecule has 0 spiro atoms. The molecule has 2 aromatic rings. The third-order valence-electron chi connectivity index (χ3n) is 7.11. The summed E-state index contributed by atoms with van der Waals surface area (Å²) < 4.78 is 58.3. The normalized spacial score (nSPS) is 21.6. The topological polar surface area (TPSA) is 112 Å². The number of carbonyl (C=O) groups is 1. The lowest BCUT2D eigenvalue weighted by Crippen LogP contribution is -2.49. The lowest BCUT2D eigenvalue weighted by molar-refractivity contribution is -0.117. The van der Waals surface area contributed by atoms with Gasteiger partial charge in [-0.15, -0.1) is 0 Å². The highest BCUT2D eigenvalue weighted by Crippen LogP contribution is 2.40. The van der Waals surface area contributed by atoms with Crippen LogP contribution in [0.1, 0.15) is 18.4 Å². The molecule has 0 saturated carbocycles. The molecule has 3 aliphatic rings. The maximum Gasteiger partial charge on any atom is 0.294 e. The number of alkyl halides is 2. The van der Waals surface area contributed by atoms with E-state index in [1.807, 2.05) is 0 Å². The number of rotatable bonds is 6. The zero-order valence-corrected chi connectivity index (χ0v) is 22.2. The van der Waals surface area contributed by atoms with E-state index < -0.39 is 15.9 Å². The van der Waals surface area contributed by atoms with Crippen molar-refractivity contribution in [2.24, 2.45) is 5.73 Å². The van der Waals surface area contributed by atoms with Crippen LogP contribution in [0.2, 0.25) is 5.15 Å². The Morgan fingerprint density at radius 2 is 1.82 bits per heavy atom. The zero-order chi connectivity index (χ0) is 27.1. The van der Waals surface area contributed by atoms with Crippen molar-refractivity contribution < 1.29 is 22.0 Å². The van der Waals surface area contributed by atoms with Crippen molar-refractivity contribution in [3.8, 4) is 0 Å². The molecule has 2 saturated heterocycles. The Labute approximate surface area is 225 Å². The van der Waals surface area contributed by atoms with Gasteiger partial charge in [0.05, 0.1) is 4.90 Å². The molecule has 0 unspecified atom stereocenters. The first-order valence-electron chi connectivity index (χ1n) is 12.4. The van der Waals surface area contributed by atoms with Crippen LogP contribution in [0.25, 0.3) is 0 Å². The molecular weight excluding hydrogens is 538 g/mol. The minimum Gasteiger partial charge on any atom is -0.354 e. The lowest BCUT2D eigenvalue weighted by atomic mass is 9.96. The fraction of sp³-hybridized carbons (Fsp3) is 0.440. The molecule has 13 heteroatoms. The van der Waals surface area contributed by atoms with Crippen LogP contribution in [0.3, 0.4) is 0 Å². The number of benzene rings is 1. The second-order valence-electron chi connectivity index (χ2n) is 9.65. The van der Waals surface area contributed by atoms with E-state index >= 15 is 8.78 Å². The number of nitrogens with zero attached hydrogens (tertiary/aromatic N) is 4. The number of aromatic nitrogens is 1. The summed E-state index contributed by atoms with van der Waals surface area (Å²) in [6, 6.07) is 8.46. The van der Waals surface area contributed by atoms with Crippen LogP contribution in [0.5, 0.6) is 0 Å². The minimum absolute atomic E-state index is 0.0423. The van der Waals surface area contributed by atoms with Gasteiger partial charge in [-0.25, -0.2) is 13.4 Å². The SMILES string of the molecule is N[C@@H]1CC(=O)N(c2ccc(S(=O)(=O)N3CCN(c4cc(C(F)(F)C5=CCNCC5)cc(Cl)n4)CC3)cc2)C1. The quantitative estimate of drug-likeness (QED) is 0.408. The zero-order valence-electron chi connectivity index (χ0n) is 20.6. The summed E-state index contributed by atoms with van der Waals surface area (Å²) in [5.41, 5.74) is 6.27. The molecule has 0 bridgehead atoms. The predicted octanol–water partition coefficient (Wildman–Crippen LogP) is 2.32. The van der Waals surface area contributed by atoms with Gasteiger partial charge in [-0.2, -0.15) is 13.1 Å². The molecule has 1 atom stereocenters. The Morgan fingerprint density at radius 1 is 1.11 bits per heavy atom. The number of piperazine rings is 1. The Kier molecular flexibility index (Phi) is 7.44. The molecule has 204 valence electrons. The molecule has 1 aromatic heterocycles. The van der Waals surface area contributed by atoms with Crippen LogP contribution in [-0.2, 0) is 20.7 Å². The predicted molar refractivity (Wildman–Crippen MR) is 141 cm³/mol. The van der Waals surface area contributed by atoms with Gasteiger partial charge in [-0.1, -0.05) is 17.7 Å². The van der Waals surface area contributed by atoms with Crippen molar-refractivity contribution in [1.29, 1.82) is 0 Å². The van der Waals surface area contributed by atoms with Crippen molar-refractivity contribution in [2.75, 3.05) is 55.6 Å². The number of hydrogen-bond donors (Lipinski definition) is 2. The maximum absolute atomic E-state index is 15.2. The Balaban J connectivity index is 1.28. The lowest BCUT2D eigenvalue weighted by Gasteiger charge is -2.35. The first-order chi connectivity index (χ1) is 18.1. The third kappa shape index (κ3) is 5.28. The van der Waals surface area contributed by atoms with E-state index in [1.165, 1.54) is 34.6 Å². The minimum atomic E-state index is -3.79. The summed E-state index contributed by atoms with van der Waals surface area (Å²) in [4.78, 5) is 19.8. The summed E-state index contributed by atoms with van der Waals surface area (Å²) >= 11 is 6.13. The van der Waals surface area contributed by atoms with Crippen LogP contribution >= 0.6 is 11.6 Å². The molecule has 3 N–H and O–H groups in total. The van der Waals surface area contributed by atoms with Crippen LogP contribution in [0, 0.1) is 0 Å². The number of sulfonamides is 1. The summed E-state index contributed by atoms with van der Waals surface area (Å²) in [5.74, 6) is -2.98. The smallest absolute Gasteiger partial charge is 0.294 e. The molecule has 1 aromatic carbocycles. The first-order valence-corrected chi connectivity index (χ1v) is 14.2. The van der Waals surface area contributed by atoms with Gasteiger partial charge in [0.15, 0.2) is 0 Å². The molecule has 1 amide bonds. The number of amides is 1. The average Bonchev–Trinajstić information content (AvgIpc) is 3.26. The molecule has 3 aliphatic heterocycles. The van der Waals surface area contributed by atoms with Gasteiger partial charge in [0.2, 0.25) is 15.9 Å². The Morgan fingerprint density at radius 3 is 2.42 bits per heavy atom. The largest absolute Gasteiger partial charge is 0.354 e. The Bertz CT molecular complexity index is 1350. The standard InChI is InChI=1S/C25H29ClF2N6O3S/c26-22-13-18(25(27,28)17-5-7-30-8-6-17)14-23(31-22)32-9-11-33(12-10-32)38(36,37)21-3-1-20(2-4-21)34-16-19(29)15-24(34)35/h1-5,13-14,19,30H,6-12,15-16,29H2/t19-/m1/s1. The van der Waals surface area contributed by atoms with E-state index in [0.29, 0.717) is 25.3 Å². The van der Waals surface area contributed by atoms with Crippen LogP contribution in [0.15, 0.2) is 52.9 Å². The second kappa shape index (κ2) is 10.5. The van der Waals surface area contributed by atoms with Gasteiger partial charge in [0.1, 0.15) is 11.0 Å². The van der Waals surface area contributed by atoms with Gasteiger partial charge in [-0.3, -0.25) is 4.79 Å². The molecular formula is C25H29ClF2N6O3S. The number of anilines is 2. The molecule has 2 fully saturated rings. The molecule has 4 heterocycles. The monoisotopic (exact) mass is 566 g/mol. The van der Waals surface area contributed by atoms with Gasteiger partial charge in [0.25, 0.3) is 5.92 Å². The highest BCUT2D eigenvalue weighted by atomic mass is 35.5. The molecule has 5 rings (SSSR count). The van der Waals surface area contributed by atoms with Crippen molar-refractivity contribution in [3.63, 3.8) is 0 Å². The number of nitrogens with two attached hydrogens (primary N) is 1. The van der Waals surface area contributed by atoms with E-state index in [2.05, 4.69) is 10.3 Å². The van der Waals surface area contributed by atoms with Gasteiger partial charge in [-0.05, 0) is 49.4 Å². The van der Waals surface area contributed by atoms with Gasteiger partial charge in [0, 0.05) is 68.6 Å². The first kappa shape index (κ1) is 26.9. The van der Waals surface area contributed by atoms with E-state index in [4.69, 9.17) is 17.3 Å². The van der Waals surface area contributed by atoms with E-state index in [-0.39, 0.29) is 78.0 Å². The number of carbonyl (C=O) groups excluding carboxylic acids is 1. The number of pyridine rings is 1. The number of halogens is 3. The van der Waals surface area contributed by atoms with Crippen LogP contribution in [-0.4, -0.2) is 75.5 Å². The van der Waals surface area contributed by atoms with E-state index in [9.17, 15) is 13.2 Å². The molecule has 9 nitrogen and oxygen atoms in total. The highest BCUT2D eigenvalue weighted by molar-refractivity contribution is 7.89. The van der Waals surface area contributed by atoms with Crippen molar-refractivity contribution >= 4 is 39.0 Å². The second-order valence-corrected chi connectivity index (χ2v) is 12.0. The summed E-state index contributed by atoms with van der Waals surface area (Å²) in [6.45, 7) is 2.11. The molecule has 0 aliphatic carbocycles. The molecule has 38 heavy (non-hydrogen) atoms. The fourth-order valence-electron chi connectivity index (χ4n) is 5.01. The van der Waals surface area contributed by atoms with E-state index in [1.54, 1.807) is 21.9 Å². The maximum atomic E-state index is 15.2. The van der Waals surface area contributed by atoms with Gasteiger partial charge < -0.3 is 20.9 Å². The molecule has 0 radical (unpaired) electrons. The summed E-state index contributed by atoms with van der Waals surface area (Å²) in [6.07, 6.45) is 2.01. The Hall–Kier alpha value is -2.64. The van der Waals surface area contributed by atoms with Gasteiger partial charge >= 0.3 is 0 Å². The fourth-order valence-corrected chi connectivity index (χ4v) is 6.64. The van der Waals surface area contributed by atoms with E-state index in [0.717, 1.165) is 0 Å². The summed E-state index contributed by atoms with van der Waals surface area (Å²) in [7, 11) is -3.79. The van der Waals surface area contributed by atoms with Crippen LogP contribution in [0.4, 0.5) is 20.3 Å². The van der Waals surface area contributed by atoms with Crippen molar-refractivity contribution in [3.05, 3.63) is 58.8 Å². The average molecular weight is 567 g/mol. The van der Waals surface area contributed by atoms with Crippen molar-refractivity contribution in [1.82, 2.24) is 14.6 Å². The number of hydrogen-bond acceptors (Lipinski definition) is 7. The number of nitrogens with one attached hydrogen (secondary N) is 1. The van der Waals surface area contributed by atoms with Crippen molar-refractivity contribution in [2.45, 2.75) is 29.7 Å². The summed E-state index contributed by atoms with van der Waals surface area (Å²) in [5, 5.41) is 2.99.